The van der Waals surface area contributed by atoms with Crippen molar-refractivity contribution in [3.63, 3.8) is 0 Å². The highest BCUT2D eigenvalue weighted by atomic mass is 16.5. The fraction of sp³-hybridized carbons (Fsp3) is 0.900. The summed E-state index contributed by atoms with van der Waals surface area (Å²) in [6.45, 7) is 13.9. The molecule has 0 aliphatic carbocycles. The Morgan fingerprint density at radius 3 is 2.14 bits per heavy atom. The van der Waals surface area contributed by atoms with E-state index in [0.717, 1.165) is 52.2 Å². The summed E-state index contributed by atoms with van der Waals surface area (Å²) in [5.74, 6) is 0. The summed E-state index contributed by atoms with van der Waals surface area (Å²) in [5.41, 5.74) is 0. The van der Waals surface area contributed by atoms with Crippen LogP contribution in [0.4, 0.5) is 9.59 Å². The molecule has 9 nitrogen and oxygen atoms in total. The number of rotatable bonds is 8. The molecule has 29 heavy (non-hydrogen) atoms. The van der Waals surface area contributed by atoms with Crippen LogP contribution in [0, 0.1) is 0 Å². The SMILES string of the molecule is CC.CCOC(=O)NCCN1CCN(C)CC1.COC(=O)N(C)CCCN(C)C.[HH]. The summed E-state index contributed by atoms with van der Waals surface area (Å²) < 4.78 is 9.31. The average molecular weight is 422 g/mol. The van der Waals surface area contributed by atoms with Crippen LogP contribution in [-0.2, 0) is 9.47 Å². The van der Waals surface area contributed by atoms with Gasteiger partial charge in [-0.2, -0.15) is 0 Å². The third-order valence-corrected chi connectivity index (χ3v) is 4.15. The number of methoxy groups -OCH3 is 1. The quantitative estimate of drug-likeness (QED) is 0.641. The van der Waals surface area contributed by atoms with Gasteiger partial charge in [-0.3, -0.25) is 4.90 Å². The molecule has 176 valence electrons. The monoisotopic (exact) mass is 421 g/mol. The van der Waals surface area contributed by atoms with Crippen molar-refractivity contribution < 1.29 is 20.5 Å². The Labute approximate surface area is 179 Å². The summed E-state index contributed by atoms with van der Waals surface area (Å²) in [5, 5.41) is 2.73. The predicted octanol–water partition coefficient (Wildman–Crippen LogP) is 1.89. The fourth-order valence-electron chi connectivity index (χ4n) is 2.44. The van der Waals surface area contributed by atoms with Gasteiger partial charge in [0.05, 0.1) is 13.7 Å². The minimum Gasteiger partial charge on any atom is -0.453 e. The van der Waals surface area contributed by atoms with E-state index in [4.69, 9.17) is 4.74 Å². The molecule has 9 heteroatoms. The number of hydrogen-bond acceptors (Lipinski definition) is 7. The lowest BCUT2D eigenvalue weighted by molar-refractivity contribution is 0.132. The summed E-state index contributed by atoms with van der Waals surface area (Å²) >= 11 is 0. The second kappa shape index (κ2) is 19.7. The van der Waals surface area contributed by atoms with Gasteiger partial charge in [0.15, 0.2) is 0 Å². The van der Waals surface area contributed by atoms with Crippen molar-refractivity contribution in [2.24, 2.45) is 0 Å². The van der Waals surface area contributed by atoms with Crippen LogP contribution in [0.15, 0.2) is 0 Å². The maximum Gasteiger partial charge on any atom is 0.409 e. The molecule has 0 aromatic carbocycles. The normalized spacial score (nSPS) is 14.1. The number of carbonyl (C=O) groups is 2. The van der Waals surface area contributed by atoms with Gasteiger partial charge in [0.2, 0.25) is 0 Å². The molecular weight excluding hydrogens is 374 g/mol. The minimum atomic E-state index is -0.313. The minimum absolute atomic E-state index is 0. The first-order valence-corrected chi connectivity index (χ1v) is 10.6. The molecule has 0 saturated carbocycles. The van der Waals surface area contributed by atoms with Gasteiger partial charge in [0, 0.05) is 54.3 Å². The number of carbonyl (C=O) groups excluding carboxylic acids is 2. The van der Waals surface area contributed by atoms with Gasteiger partial charge in [-0.15, -0.1) is 0 Å². The van der Waals surface area contributed by atoms with Crippen LogP contribution in [0.5, 0.6) is 0 Å². The standard InChI is InChI=1S/C10H21N3O2.C8H18N2O2.C2H6.H2/c1-3-15-10(14)11-4-5-13-8-6-12(2)7-9-13;1-9(2)6-5-7-10(3)8(11)12-4;1-2;/h3-9H2,1-2H3,(H,11,14);5-7H2,1-4H3;1-2H3;1H. The Kier molecular flexibility index (Phi) is 20.1. The van der Waals surface area contributed by atoms with E-state index in [2.05, 4.69) is 31.8 Å². The fourth-order valence-corrected chi connectivity index (χ4v) is 2.44. The highest BCUT2D eigenvalue weighted by molar-refractivity contribution is 5.67. The van der Waals surface area contributed by atoms with Crippen molar-refractivity contribution in [1.82, 2.24) is 24.9 Å². The third-order valence-electron chi connectivity index (χ3n) is 4.15. The average Bonchev–Trinajstić information content (AvgIpc) is 2.70. The second-order valence-electron chi connectivity index (χ2n) is 6.84. The topological polar surface area (TPSA) is 77.6 Å². The number of hydrogen-bond donors (Lipinski definition) is 1. The van der Waals surface area contributed by atoms with Crippen molar-refractivity contribution in [2.75, 3.05) is 94.3 Å². The van der Waals surface area contributed by atoms with E-state index >= 15 is 0 Å². The van der Waals surface area contributed by atoms with Crippen LogP contribution in [0.2, 0.25) is 0 Å². The maximum absolute atomic E-state index is 11.0. The first-order chi connectivity index (χ1) is 13.8. The van der Waals surface area contributed by atoms with Gasteiger partial charge in [-0.05, 0) is 41.0 Å². The lowest BCUT2D eigenvalue weighted by Crippen LogP contribution is -2.46. The van der Waals surface area contributed by atoms with E-state index in [1.54, 1.807) is 18.9 Å². The number of piperazine rings is 1. The van der Waals surface area contributed by atoms with Crippen molar-refractivity contribution >= 4 is 12.2 Å². The number of likely N-dealkylation sites (N-methyl/N-ethyl adjacent to an activating group) is 1. The Morgan fingerprint density at radius 1 is 1.07 bits per heavy atom. The summed E-state index contributed by atoms with van der Waals surface area (Å²) in [7, 11) is 9.29. The zero-order valence-corrected chi connectivity index (χ0v) is 20.0. The second-order valence-corrected chi connectivity index (χ2v) is 6.84. The van der Waals surface area contributed by atoms with Gasteiger partial charge in [-0.25, -0.2) is 9.59 Å². The molecule has 0 aromatic heterocycles. The number of ether oxygens (including phenoxy) is 2. The van der Waals surface area contributed by atoms with Crippen LogP contribution >= 0.6 is 0 Å². The van der Waals surface area contributed by atoms with E-state index in [-0.39, 0.29) is 13.6 Å². The van der Waals surface area contributed by atoms with Gasteiger partial charge in [0.25, 0.3) is 0 Å². The van der Waals surface area contributed by atoms with Crippen LogP contribution in [0.3, 0.4) is 0 Å². The van der Waals surface area contributed by atoms with Crippen molar-refractivity contribution in [1.29, 1.82) is 0 Å². The van der Waals surface area contributed by atoms with E-state index in [1.807, 2.05) is 27.9 Å². The van der Waals surface area contributed by atoms with Crippen LogP contribution in [-0.4, -0.2) is 126 Å². The van der Waals surface area contributed by atoms with Crippen molar-refractivity contribution in [3.8, 4) is 0 Å². The molecule has 2 amide bonds. The van der Waals surface area contributed by atoms with E-state index in [9.17, 15) is 9.59 Å². The predicted molar refractivity (Wildman–Crippen MR) is 121 cm³/mol. The van der Waals surface area contributed by atoms with Crippen LogP contribution in [0.1, 0.15) is 28.6 Å². The Morgan fingerprint density at radius 2 is 1.66 bits per heavy atom. The maximum atomic E-state index is 11.0. The van der Waals surface area contributed by atoms with Gasteiger partial charge in [0.1, 0.15) is 0 Å². The molecule has 0 aromatic rings. The Bertz CT molecular complexity index is 409. The van der Waals surface area contributed by atoms with Crippen molar-refractivity contribution in [2.45, 2.75) is 27.2 Å². The summed E-state index contributed by atoms with van der Waals surface area (Å²) in [4.78, 5) is 30.2. The van der Waals surface area contributed by atoms with Crippen LogP contribution in [0.25, 0.3) is 0 Å². The molecule has 1 heterocycles. The Balaban J connectivity index is -0.000000445. The smallest absolute Gasteiger partial charge is 0.409 e. The van der Waals surface area contributed by atoms with Gasteiger partial charge in [-0.1, -0.05) is 13.8 Å². The lowest BCUT2D eigenvalue weighted by atomic mass is 10.3. The molecular formula is C20H47N5O4. The van der Waals surface area contributed by atoms with Gasteiger partial charge >= 0.3 is 12.2 Å². The number of alkyl carbamates (subject to hydrolysis) is 1. The molecule has 0 spiro atoms. The first kappa shape index (κ1) is 29.6. The number of nitrogens with zero attached hydrogens (tertiary/aromatic N) is 4. The lowest BCUT2D eigenvalue weighted by Gasteiger charge is -2.32. The van der Waals surface area contributed by atoms with E-state index in [1.165, 1.54) is 7.11 Å². The zero-order chi connectivity index (χ0) is 22.7. The molecule has 0 radical (unpaired) electrons. The number of nitrogens with one attached hydrogen (secondary N) is 1. The Hall–Kier alpha value is -1.58. The molecule has 1 fully saturated rings. The molecule has 0 atom stereocenters. The largest absolute Gasteiger partial charge is 0.453 e. The molecule has 0 unspecified atom stereocenters. The highest BCUT2D eigenvalue weighted by Crippen LogP contribution is 1.97. The summed E-state index contributed by atoms with van der Waals surface area (Å²) in [6, 6.07) is 0. The highest BCUT2D eigenvalue weighted by Gasteiger charge is 2.13. The molecule has 1 aliphatic heterocycles. The third kappa shape index (κ3) is 18.2. The van der Waals surface area contributed by atoms with Crippen molar-refractivity contribution in [3.05, 3.63) is 0 Å². The molecule has 1 N–H and O–H groups in total. The first-order valence-electron chi connectivity index (χ1n) is 10.6. The molecule has 1 saturated heterocycles. The van der Waals surface area contributed by atoms with Crippen LogP contribution < -0.4 is 5.32 Å². The van der Waals surface area contributed by atoms with Gasteiger partial charge < -0.3 is 29.5 Å². The molecule has 1 rings (SSSR count). The number of amides is 2. The molecule has 0 bridgehead atoms. The zero-order valence-electron chi connectivity index (χ0n) is 20.0. The van der Waals surface area contributed by atoms with E-state index < -0.39 is 0 Å². The van der Waals surface area contributed by atoms with E-state index in [0.29, 0.717) is 13.2 Å². The summed E-state index contributed by atoms with van der Waals surface area (Å²) in [6.07, 6.45) is 0.388. The molecule has 1 aliphatic rings.